The van der Waals surface area contributed by atoms with E-state index in [-0.39, 0.29) is 5.91 Å². The predicted molar refractivity (Wildman–Crippen MR) is 97.9 cm³/mol. The maximum Gasteiger partial charge on any atom is 0.227 e. The molecule has 1 saturated heterocycles. The standard InChI is InChI=1S/C20H30N2O3/c1-21(20(23)13-15-7-4-5-10-19(15)25-3)17-8-6-9-18(17)22-12-11-16(14-22)24-2/h4-5,7,10,16-18H,6,8-9,11-14H2,1-3H3/t16?,17-,18+/m1/s1. The minimum Gasteiger partial charge on any atom is -0.496 e. The molecule has 1 aromatic rings. The van der Waals surface area contributed by atoms with Gasteiger partial charge < -0.3 is 14.4 Å². The van der Waals surface area contributed by atoms with Crippen LogP contribution in [0.15, 0.2) is 24.3 Å². The lowest BCUT2D eigenvalue weighted by Gasteiger charge is -2.35. The number of rotatable bonds is 6. The van der Waals surface area contributed by atoms with Crippen molar-refractivity contribution in [1.82, 2.24) is 9.80 Å². The highest BCUT2D eigenvalue weighted by Gasteiger charge is 2.39. The van der Waals surface area contributed by atoms with Crippen LogP contribution in [0.4, 0.5) is 0 Å². The van der Waals surface area contributed by atoms with Gasteiger partial charge >= 0.3 is 0 Å². The second kappa shape index (κ2) is 8.19. The summed E-state index contributed by atoms with van der Waals surface area (Å²) < 4.78 is 10.9. The number of ether oxygens (including phenoxy) is 2. The summed E-state index contributed by atoms with van der Waals surface area (Å²) in [5.41, 5.74) is 0.956. The summed E-state index contributed by atoms with van der Waals surface area (Å²) in [6, 6.07) is 8.54. The summed E-state index contributed by atoms with van der Waals surface area (Å²) in [7, 11) is 5.41. The lowest BCUT2D eigenvalue weighted by molar-refractivity contribution is -0.132. The SMILES string of the molecule is COc1ccccc1CC(=O)N(C)[C@@H]1CCC[C@@H]1N1CCC(OC)C1. The Balaban J connectivity index is 1.64. The molecule has 0 radical (unpaired) electrons. The molecule has 5 nitrogen and oxygen atoms in total. The van der Waals surface area contributed by atoms with E-state index in [1.165, 1.54) is 12.8 Å². The van der Waals surface area contributed by atoms with E-state index in [0.717, 1.165) is 37.2 Å². The molecule has 1 saturated carbocycles. The highest BCUT2D eigenvalue weighted by molar-refractivity contribution is 5.79. The molecule has 1 aromatic carbocycles. The van der Waals surface area contributed by atoms with Gasteiger partial charge in [-0.1, -0.05) is 18.2 Å². The molecule has 3 atom stereocenters. The van der Waals surface area contributed by atoms with Gasteiger partial charge in [-0.2, -0.15) is 0 Å². The van der Waals surface area contributed by atoms with Crippen molar-refractivity contribution in [2.24, 2.45) is 0 Å². The summed E-state index contributed by atoms with van der Waals surface area (Å²) in [4.78, 5) is 17.4. The fraction of sp³-hybridized carbons (Fsp3) is 0.650. The second-order valence-electron chi connectivity index (χ2n) is 7.20. The number of benzene rings is 1. The van der Waals surface area contributed by atoms with E-state index in [4.69, 9.17) is 9.47 Å². The number of likely N-dealkylation sites (N-methyl/N-ethyl adjacent to an activating group) is 1. The minimum atomic E-state index is 0.170. The van der Waals surface area contributed by atoms with Crippen molar-refractivity contribution in [3.8, 4) is 5.75 Å². The molecule has 0 spiro atoms. The average Bonchev–Trinajstić information content (AvgIpc) is 3.30. The van der Waals surface area contributed by atoms with Crippen molar-refractivity contribution in [3.63, 3.8) is 0 Å². The molecule has 138 valence electrons. The van der Waals surface area contributed by atoms with Crippen molar-refractivity contribution < 1.29 is 14.3 Å². The third kappa shape index (κ3) is 3.98. The van der Waals surface area contributed by atoms with Crippen LogP contribution in [0.3, 0.4) is 0 Å². The molecule has 2 fully saturated rings. The number of amides is 1. The Kier molecular flexibility index (Phi) is 5.97. The maximum absolute atomic E-state index is 12.9. The highest BCUT2D eigenvalue weighted by atomic mass is 16.5. The predicted octanol–water partition coefficient (Wildman–Crippen LogP) is 2.34. The molecule has 0 aromatic heterocycles. The minimum absolute atomic E-state index is 0.170. The van der Waals surface area contributed by atoms with Gasteiger partial charge in [-0.15, -0.1) is 0 Å². The number of hydrogen-bond acceptors (Lipinski definition) is 4. The Hall–Kier alpha value is -1.59. The summed E-state index contributed by atoms with van der Waals surface area (Å²) >= 11 is 0. The average molecular weight is 346 g/mol. The molecule has 0 N–H and O–H groups in total. The van der Waals surface area contributed by atoms with Crippen LogP contribution in [0.5, 0.6) is 5.75 Å². The first-order valence-electron chi connectivity index (χ1n) is 9.28. The van der Waals surface area contributed by atoms with E-state index in [1.807, 2.05) is 36.2 Å². The normalized spacial score (nSPS) is 26.8. The summed E-state index contributed by atoms with van der Waals surface area (Å²) in [5.74, 6) is 0.957. The van der Waals surface area contributed by atoms with Gasteiger partial charge in [0.15, 0.2) is 0 Å². The fourth-order valence-corrected chi connectivity index (χ4v) is 4.37. The Morgan fingerprint density at radius 3 is 2.76 bits per heavy atom. The molecule has 2 aliphatic rings. The molecule has 1 amide bonds. The quantitative estimate of drug-likeness (QED) is 0.793. The van der Waals surface area contributed by atoms with Crippen LogP contribution in [0.25, 0.3) is 0 Å². The first-order chi connectivity index (χ1) is 12.1. The van der Waals surface area contributed by atoms with Crippen molar-refractivity contribution >= 4 is 5.91 Å². The molecule has 1 aliphatic carbocycles. The zero-order valence-corrected chi connectivity index (χ0v) is 15.6. The lowest BCUT2D eigenvalue weighted by Crippen LogP contribution is -2.49. The van der Waals surface area contributed by atoms with Gasteiger partial charge in [-0.25, -0.2) is 0 Å². The van der Waals surface area contributed by atoms with E-state index >= 15 is 0 Å². The van der Waals surface area contributed by atoms with Crippen LogP contribution in [0.2, 0.25) is 0 Å². The van der Waals surface area contributed by atoms with Crippen molar-refractivity contribution in [2.45, 2.75) is 50.3 Å². The van der Waals surface area contributed by atoms with Crippen LogP contribution in [-0.4, -0.2) is 68.3 Å². The van der Waals surface area contributed by atoms with E-state index in [9.17, 15) is 4.79 Å². The Bertz CT molecular complexity index is 592. The largest absolute Gasteiger partial charge is 0.496 e. The van der Waals surface area contributed by atoms with Crippen LogP contribution in [0.1, 0.15) is 31.2 Å². The molecular formula is C20H30N2O3. The molecule has 1 unspecified atom stereocenters. The molecule has 5 heteroatoms. The smallest absolute Gasteiger partial charge is 0.227 e. The maximum atomic E-state index is 12.9. The van der Waals surface area contributed by atoms with E-state index in [2.05, 4.69) is 4.90 Å². The number of carbonyl (C=O) groups is 1. The number of carbonyl (C=O) groups excluding carboxylic acids is 1. The van der Waals surface area contributed by atoms with E-state index < -0.39 is 0 Å². The van der Waals surface area contributed by atoms with Gasteiger partial charge in [0, 0.05) is 44.9 Å². The number of likely N-dealkylation sites (tertiary alicyclic amines) is 1. The molecule has 1 aliphatic heterocycles. The first kappa shape index (κ1) is 18.2. The summed E-state index contributed by atoms with van der Waals surface area (Å²) in [5, 5.41) is 0. The van der Waals surface area contributed by atoms with Crippen molar-refractivity contribution in [3.05, 3.63) is 29.8 Å². The van der Waals surface area contributed by atoms with E-state index in [0.29, 0.717) is 24.6 Å². The summed E-state index contributed by atoms with van der Waals surface area (Å²) in [6.45, 7) is 2.07. The third-order valence-corrected chi connectivity index (χ3v) is 5.85. The van der Waals surface area contributed by atoms with E-state index in [1.54, 1.807) is 14.2 Å². The second-order valence-corrected chi connectivity index (χ2v) is 7.20. The first-order valence-corrected chi connectivity index (χ1v) is 9.28. The van der Waals surface area contributed by atoms with Crippen LogP contribution in [0, 0.1) is 0 Å². The van der Waals surface area contributed by atoms with Crippen molar-refractivity contribution in [2.75, 3.05) is 34.4 Å². The van der Waals surface area contributed by atoms with Gasteiger partial charge in [-0.3, -0.25) is 9.69 Å². The number of nitrogens with zero attached hydrogens (tertiary/aromatic N) is 2. The summed E-state index contributed by atoms with van der Waals surface area (Å²) in [6.07, 6.45) is 5.29. The van der Waals surface area contributed by atoms with Gasteiger partial charge in [-0.05, 0) is 31.7 Å². The van der Waals surface area contributed by atoms with Gasteiger partial charge in [0.05, 0.1) is 19.6 Å². The molecule has 3 rings (SSSR count). The zero-order chi connectivity index (χ0) is 17.8. The lowest BCUT2D eigenvalue weighted by atomic mass is 10.1. The Morgan fingerprint density at radius 1 is 1.24 bits per heavy atom. The highest BCUT2D eigenvalue weighted by Crippen LogP contribution is 2.31. The van der Waals surface area contributed by atoms with Crippen molar-refractivity contribution in [1.29, 1.82) is 0 Å². The monoisotopic (exact) mass is 346 g/mol. The third-order valence-electron chi connectivity index (χ3n) is 5.85. The molecular weight excluding hydrogens is 316 g/mol. The number of para-hydroxylation sites is 1. The van der Waals surface area contributed by atoms with Gasteiger partial charge in [0.25, 0.3) is 0 Å². The van der Waals surface area contributed by atoms with Crippen LogP contribution in [-0.2, 0) is 16.0 Å². The van der Waals surface area contributed by atoms with Gasteiger partial charge in [0.1, 0.15) is 5.75 Å². The topological polar surface area (TPSA) is 42.0 Å². The fourth-order valence-electron chi connectivity index (χ4n) is 4.37. The number of methoxy groups -OCH3 is 2. The Morgan fingerprint density at radius 2 is 2.04 bits per heavy atom. The molecule has 0 bridgehead atoms. The molecule has 1 heterocycles. The number of hydrogen-bond donors (Lipinski definition) is 0. The van der Waals surface area contributed by atoms with Crippen LogP contribution < -0.4 is 4.74 Å². The molecule has 25 heavy (non-hydrogen) atoms. The zero-order valence-electron chi connectivity index (χ0n) is 15.6. The van der Waals surface area contributed by atoms with Gasteiger partial charge in [0.2, 0.25) is 5.91 Å². The van der Waals surface area contributed by atoms with Crippen LogP contribution >= 0.6 is 0 Å². The Labute approximate surface area is 150 Å².